The Morgan fingerprint density at radius 1 is 1.14 bits per heavy atom. The molecule has 1 aromatic carbocycles. The molecule has 29 heavy (non-hydrogen) atoms. The molecule has 0 bridgehead atoms. The summed E-state index contributed by atoms with van der Waals surface area (Å²) in [6.45, 7) is 6.19. The molecule has 2 heterocycles. The van der Waals surface area contributed by atoms with Crippen molar-refractivity contribution >= 4 is 5.91 Å². The summed E-state index contributed by atoms with van der Waals surface area (Å²) < 4.78 is 38.7. The van der Waals surface area contributed by atoms with E-state index in [0.29, 0.717) is 12.1 Å². The molecule has 7 heteroatoms. The van der Waals surface area contributed by atoms with Gasteiger partial charge in [0.25, 0.3) is 0 Å². The first-order chi connectivity index (χ1) is 13.9. The van der Waals surface area contributed by atoms with Crippen molar-refractivity contribution in [2.24, 2.45) is 0 Å². The number of carbonyl (C=O) groups excluding carboxylic acids is 1. The van der Waals surface area contributed by atoms with Gasteiger partial charge in [-0.05, 0) is 56.8 Å². The number of nitrogens with zero attached hydrogens (tertiary/aromatic N) is 2. The van der Waals surface area contributed by atoms with Gasteiger partial charge in [-0.15, -0.1) is 0 Å². The number of hydrogen-bond donors (Lipinski definition) is 1. The lowest BCUT2D eigenvalue weighted by Gasteiger charge is -2.37. The van der Waals surface area contributed by atoms with Crippen LogP contribution < -0.4 is 5.32 Å². The summed E-state index contributed by atoms with van der Waals surface area (Å²) in [7, 11) is 0. The molecule has 1 atom stereocenters. The van der Waals surface area contributed by atoms with Gasteiger partial charge in [0.1, 0.15) is 0 Å². The third kappa shape index (κ3) is 6.19. The van der Waals surface area contributed by atoms with Gasteiger partial charge in [0.05, 0.1) is 11.6 Å². The van der Waals surface area contributed by atoms with E-state index in [1.165, 1.54) is 12.1 Å². The van der Waals surface area contributed by atoms with E-state index in [1.807, 2.05) is 0 Å². The molecule has 2 aliphatic heterocycles. The average molecular weight is 412 g/mol. The summed E-state index contributed by atoms with van der Waals surface area (Å²) in [5, 5.41) is 3.23. The van der Waals surface area contributed by atoms with E-state index in [2.05, 4.69) is 22.0 Å². The lowest BCUT2D eigenvalue weighted by molar-refractivity contribution is -0.137. The molecule has 1 unspecified atom stereocenters. The van der Waals surface area contributed by atoms with E-state index in [1.54, 1.807) is 6.07 Å². The molecule has 3 rings (SSSR count). The van der Waals surface area contributed by atoms with Crippen LogP contribution in [0.15, 0.2) is 24.3 Å². The Balaban J connectivity index is 1.47. The molecule has 2 saturated heterocycles. The molecule has 0 spiro atoms. The first kappa shape index (κ1) is 22.1. The first-order valence-electron chi connectivity index (χ1n) is 10.8. The maximum Gasteiger partial charge on any atom is 0.416 e. The maximum atomic E-state index is 12.9. The minimum absolute atomic E-state index is 0.00756. The van der Waals surface area contributed by atoms with E-state index in [0.717, 1.165) is 70.8 Å². The lowest BCUT2D eigenvalue weighted by atomic mass is 9.99. The van der Waals surface area contributed by atoms with Crippen LogP contribution in [0.5, 0.6) is 0 Å². The molecule has 2 fully saturated rings. The van der Waals surface area contributed by atoms with Gasteiger partial charge in [0.2, 0.25) is 5.91 Å². The van der Waals surface area contributed by atoms with Crippen molar-refractivity contribution in [2.45, 2.75) is 70.3 Å². The molecule has 0 radical (unpaired) electrons. The van der Waals surface area contributed by atoms with Gasteiger partial charge in [-0.2, -0.15) is 13.2 Å². The van der Waals surface area contributed by atoms with Gasteiger partial charge in [-0.1, -0.05) is 31.5 Å². The Kier molecular flexibility index (Phi) is 7.57. The van der Waals surface area contributed by atoms with E-state index >= 15 is 0 Å². The minimum atomic E-state index is -4.31. The van der Waals surface area contributed by atoms with Crippen molar-refractivity contribution in [1.82, 2.24) is 15.1 Å². The highest BCUT2D eigenvalue weighted by molar-refractivity contribution is 5.82. The van der Waals surface area contributed by atoms with Crippen LogP contribution in [0.4, 0.5) is 13.2 Å². The van der Waals surface area contributed by atoms with Gasteiger partial charge < -0.3 is 5.32 Å². The topological polar surface area (TPSA) is 35.6 Å². The summed E-state index contributed by atoms with van der Waals surface area (Å²) >= 11 is 0. The van der Waals surface area contributed by atoms with Crippen LogP contribution in [0, 0.1) is 0 Å². The number of halogens is 3. The Hall–Kier alpha value is -1.60. The zero-order valence-corrected chi connectivity index (χ0v) is 17.2. The van der Waals surface area contributed by atoms with Gasteiger partial charge >= 0.3 is 6.18 Å². The third-order valence-electron chi connectivity index (χ3n) is 6.02. The molecular weight excluding hydrogens is 379 g/mol. The number of carbonyl (C=O) groups is 1. The second-order valence-electron chi connectivity index (χ2n) is 8.30. The third-order valence-corrected chi connectivity index (χ3v) is 6.02. The summed E-state index contributed by atoms with van der Waals surface area (Å²) in [6.07, 6.45) is 1.62. The van der Waals surface area contributed by atoms with E-state index in [-0.39, 0.29) is 18.0 Å². The van der Waals surface area contributed by atoms with Crippen LogP contribution >= 0.6 is 0 Å². The zero-order valence-electron chi connectivity index (χ0n) is 17.2. The highest BCUT2D eigenvalue weighted by Crippen LogP contribution is 2.30. The van der Waals surface area contributed by atoms with Crippen LogP contribution in [0.1, 0.15) is 56.6 Å². The average Bonchev–Trinajstić information content (AvgIpc) is 2.70. The second kappa shape index (κ2) is 9.94. The van der Waals surface area contributed by atoms with E-state index < -0.39 is 11.7 Å². The number of nitrogens with one attached hydrogen (secondary N) is 1. The Labute approximate surface area is 171 Å². The fourth-order valence-corrected chi connectivity index (χ4v) is 4.48. The molecule has 1 aromatic rings. The predicted molar refractivity (Wildman–Crippen MR) is 107 cm³/mol. The van der Waals surface area contributed by atoms with Crippen molar-refractivity contribution in [3.8, 4) is 0 Å². The fourth-order valence-electron chi connectivity index (χ4n) is 4.48. The quantitative estimate of drug-likeness (QED) is 0.767. The highest BCUT2D eigenvalue weighted by Gasteiger charge is 2.32. The fraction of sp³-hybridized carbons (Fsp3) is 0.682. The maximum absolute atomic E-state index is 12.9. The number of benzene rings is 1. The van der Waals surface area contributed by atoms with E-state index in [4.69, 9.17) is 0 Å². The number of hydrogen-bond acceptors (Lipinski definition) is 3. The van der Waals surface area contributed by atoms with Gasteiger partial charge in [-0.3, -0.25) is 14.6 Å². The summed E-state index contributed by atoms with van der Waals surface area (Å²) in [5.41, 5.74) is 0.0842. The molecule has 162 valence electrons. The van der Waals surface area contributed by atoms with Crippen LogP contribution in [-0.2, 0) is 17.5 Å². The van der Waals surface area contributed by atoms with Crippen LogP contribution in [0.2, 0.25) is 0 Å². The lowest BCUT2D eigenvalue weighted by Crippen LogP contribution is -2.53. The van der Waals surface area contributed by atoms with Crippen LogP contribution in [0.3, 0.4) is 0 Å². The van der Waals surface area contributed by atoms with Crippen molar-refractivity contribution in [3.63, 3.8) is 0 Å². The van der Waals surface area contributed by atoms with Crippen molar-refractivity contribution in [1.29, 1.82) is 0 Å². The number of rotatable bonds is 6. The largest absolute Gasteiger partial charge is 0.416 e. The van der Waals surface area contributed by atoms with Crippen molar-refractivity contribution < 1.29 is 18.0 Å². The second-order valence-corrected chi connectivity index (χ2v) is 8.30. The Morgan fingerprint density at radius 2 is 1.90 bits per heavy atom. The Bertz CT molecular complexity index is 670. The standard InChI is InChI=1S/C22H32F3N3O/c1-2-11-28-12-4-3-8-20(28)21(29)26-19-9-13-27(14-10-19)16-17-6-5-7-18(15-17)22(23,24)25/h5-7,15,19-20H,2-4,8-14,16H2,1H3,(H,26,29). The molecule has 1 amide bonds. The van der Waals surface area contributed by atoms with Crippen LogP contribution in [0.25, 0.3) is 0 Å². The molecule has 0 aromatic heterocycles. The van der Waals surface area contributed by atoms with Crippen molar-refractivity contribution in [3.05, 3.63) is 35.4 Å². The molecular formula is C22H32F3N3O. The summed E-state index contributed by atoms with van der Waals surface area (Å²) in [6, 6.07) is 5.71. The number of alkyl halides is 3. The zero-order chi connectivity index (χ0) is 20.9. The molecule has 0 saturated carbocycles. The minimum Gasteiger partial charge on any atom is -0.352 e. The summed E-state index contributed by atoms with van der Waals surface area (Å²) in [4.78, 5) is 17.3. The molecule has 2 aliphatic rings. The van der Waals surface area contributed by atoms with Gasteiger partial charge in [0.15, 0.2) is 0 Å². The van der Waals surface area contributed by atoms with E-state index in [9.17, 15) is 18.0 Å². The normalized spacial score (nSPS) is 22.6. The number of piperidine rings is 2. The number of amides is 1. The molecule has 4 nitrogen and oxygen atoms in total. The molecule has 1 N–H and O–H groups in total. The SMILES string of the molecule is CCCN1CCCCC1C(=O)NC1CCN(Cc2cccc(C(F)(F)F)c2)CC1. The highest BCUT2D eigenvalue weighted by atomic mass is 19.4. The van der Waals surface area contributed by atoms with Crippen LogP contribution in [-0.4, -0.2) is 54.0 Å². The number of likely N-dealkylation sites (tertiary alicyclic amines) is 2. The van der Waals surface area contributed by atoms with Gasteiger partial charge in [0, 0.05) is 25.7 Å². The predicted octanol–water partition coefficient (Wildman–Crippen LogP) is 4.05. The molecule has 0 aliphatic carbocycles. The summed E-state index contributed by atoms with van der Waals surface area (Å²) in [5.74, 6) is 0.148. The monoisotopic (exact) mass is 411 g/mol. The Morgan fingerprint density at radius 3 is 2.59 bits per heavy atom. The first-order valence-corrected chi connectivity index (χ1v) is 10.8. The van der Waals surface area contributed by atoms with Crippen molar-refractivity contribution in [2.75, 3.05) is 26.2 Å². The smallest absolute Gasteiger partial charge is 0.352 e. The van der Waals surface area contributed by atoms with Gasteiger partial charge in [-0.25, -0.2) is 0 Å².